The van der Waals surface area contributed by atoms with Crippen molar-refractivity contribution in [2.75, 3.05) is 0 Å². The molecule has 11 aromatic rings. The number of fused-ring (bicyclic) bond motifs is 6. The van der Waals surface area contributed by atoms with Gasteiger partial charge in [0.1, 0.15) is 11.2 Å². The maximum absolute atomic E-state index is 6.21. The summed E-state index contributed by atoms with van der Waals surface area (Å²) in [7, 11) is 0. The third kappa shape index (κ3) is 5.67. The van der Waals surface area contributed by atoms with Gasteiger partial charge in [-0.3, -0.25) is 0 Å². The first-order chi connectivity index (χ1) is 30.7. The van der Waals surface area contributed by atoms with Crippen molar-refractivity contribution in [2.45, 2.75) is 5.41 Å². The molecular weight excluding hydrogens is 753 g/mol. The van der Waals surface area contributed by atoms with E-state index >= 15 is 0 Å². The standard InChI is InChI=1S/C59H38N2O/c1-5-18-39(19-6-1)46-29-17-30-51-57(46)49-34-32-41(37-52(49)59(51,43-22-9-3-10-23-43)44-24-11-4-12-25-44)45-26-13-14-27-47(45)54-38-53(60-58(61-54)40-20-7-2-8-21-40)42-33-35-56-50(36-42)48-28-15-16-31-55(48)62-56/h1-38H. The summed E-state index contributed by atoms with van der Waals surface area (Å²) in [5.74, 6) is 0.676. The predicted octanol–water partition coefficient (Wildman–Crippen LogP) is 15.1. The molecule has 2 aromatic heterocycles. The largest absolute Gasteiger partial charge is 0.456 e. The molecular formula is C59H38N2O. The first-order valence-corrected chi connectivity index (χ1v) is 21.1. The molecule has 0 atom stereocenters. The summed E-state index contributed by atoms with van der Waals surface area (Å²) in [5.41, 5.74) is 18.1. The molecule has 0 bridgehead atoms. The lowest BCUT2D eigenvalue weighted by atomic mass is 9.67. The van der Waals surface area contributed by atoms with Gasteiger partial charge in [0.05, 0.1) is 16.8 Å². The zero-order valence-electron chi connectivity index (χ0n) is 33.7. The van der Waals surface area contributed by atoms with Crippen LogP contribution in [0.5, 0.6) is 0 Å². The molecule has 1 aliphatic rings. The Balaban J connectivity index is 1.09. The number of hydrogen-bond acceptors (Lipinski definition) is 3. The lowest BCUT2D eigenvalue weighted by molar-refractivity contribution is 0.669. The Morgan fingerprint density at radius 2 is 0.903 bits per heavy atom. The van der Waals surface area contributed by atoms with Crippen molar-refractivity contribution >= 4 is 21.9 Å². The van der Waals surface area contributed by atoms with Crippen LogP contribution in [0.3, 0.4) is 0 Å². The van der Waals surface area contributed by atoms with Gasteiger partial charge in [-0.15, -0.1) is 0 Å². The summed E-state index contributed by atoms with van der Waals surface area (Å²) in [6, 6.07) is 82.4. The SMILES string of the molecule is c1ccc(-c2nc(-c3ccc4oc5ccccc5c4c3)cc(-c3ccccc3-c3ccc4c(c3)C(c3ccccc3)(c3ccccc3)c3cccc(-c5ccccc5)c3-4)n2)cc1. The van der Waals surface area contributed by atoms with Gasteiger partial charge in [0.25, 0.3) is 0 Å². The highest BCUT2D eigenvalue weighted by atomic mass is 16.3. The van der Waals surface area contributed by atoms with Gasteiger partial charge >= 0.3 is 0 Å². The van der Waals surface area contributed by atoms with Gasteiger partial charge < -0.3 is 4.42 Å². The molecule has 12 rings (SSSR count). The lowest BCUT2D eigenvalue weighted by Crippen LogP contribution is -2.28. The van der Waals surface area contributed by atoms with Gasteiger partial charge in [-0.2, -0.15) is 0 Å². The van der Waals surface area contributed by atoms with Crippen LogP contribution in [0.25, 0.3) is 89.2 Å². The number of hydrogen-bond donors (Lipinski definition) is 0. The molecule has 62 heavy (non-hydrogen) atoms. The normalized spacial score (nSPS) is 12.6. The Kier molecular flexibility index (Phi) is 8.39. The highest BCUT2D eigenvalue weighted by molar-refractivity contribution is 6.06. The molecule has 0 aliphatic heterocycles. The fourth-order valence-corrected chi connectivity index (χ4v) is 9.86. The summed E-state index contributed by atoms with van der Waals surface area (Å²) in [6.45, 7) is 0. The molecule has 3 heteroatoms. The first kappa shape index (κ1) is 35.8. The number of furan rings is 1. The molecule has 0 radical (unpaired) electrons. The van der Waals surface area contributed by atoms with Gasteiger partial charge in [-0.1, -0.05) is 194 Å². The third-order valence-electron chi connectivity index (χ3n) is 12.6. The van der Waals surface area contributed by atoms with Crippen LogP contribution in [-0.4, -0.2) is 9.97 Å². The van der Waals surface area contributed by atoms with E-state index in [0.29, 0.717) is 5.82 Å². The fraction of sp³-hybridized carbons (Fsp3) is 0.0169. The Morgan fingerprint density at radius 3 is 1.65 bits per heavy atom. The third-order valence-corrected chi connectivity index (χ3v) is 12.6. The van der Waals surface area contributed by atoms with Crippen molar-refractivity contribution in [1.29, 1.82) is 0 Å². The van der Waals surface area contributed by atoms with Crippen molar-refractivity contribution in [3.05, 3.63) is 253 Å². The molecule has 0 fully saturated rings. The average molecular weight is 791 g/mol. The number of aromatic nitrogens is 2. The smallest absolute Gasteiger partial charge is 0.160 e. The molecule has 0 spiro atoms. The Hall–Kier alpha value is -8.14. The van der Waals surface area contributed by atoms with Crippen LogP contribution in [0.1, 0.15) is 22.3 Å². The molecule has 9 aromatic carbocycles. The van der Waals surface area contributed by atoms with Crippen LogP contribution in [0.2, 0.25) is 0 Å². The van der Waals surface area contributed by atoms with Crippen LogP contribution >= 0.6 is 0 Å². The van der Waals surface area contributed by atoms with Gasteiger partial charge in [-0.25, -0.2) is 9.97 Å². The minimum absolute atomic E-state index is 0.568. The fourth-order valence-electron chi connectivity index (χ4n) is 9.86. The highest BCUT2D eigenvalue weighted by Crippen LogP contribution is 2.59. The predicted molar refractivity (Wildman–Crippen MR) is 254 cm³/mol. The second-order valence-corrected chi connectivity index (χ2v) is 16.0. The number of benzene rings is 9. The van der Waals surface area contributed by atoms with Crippen LogP contribution in [0, 0.1) is 0 Å². The molecule has 290 valence electrons. The van der Waals surface area contributed by atoms with Crippen LogP contribution in [0.4, 0.5) is 0 Å². The average Bonchev–Trinajstić information content (AvgIpc) is 3.88. The molecule has 0 N–H and O–H groups in total. The number of rotatable bonds is 7. The summed E-state index contributed by atoms with van der Waals surface area (Å²) in [5, 5.41) is 2.15. The van der Waals surface area contributed by atoms with Crippen LogP contribution in [0.15, 0.2) is 235 Å². The summed E-state index contributed by atoms with van der Waals surface area (Å²) in [6.07, 6.45) is 0. The van der Waals surface area contributed by atoms with Crippen molar-refractivity contribution < 1.29 is 4.42 Å². The summed E-state index contributed by atoms with van der Waals surface area (Å²) < 4.78 is 6.21. The molecule has 3 nitrogen and oxygen atoms in total. The topological polar surface area (TPSA) is 38.9 Å². The monoisotopic (exact) mass is 790 g/mol. The van der Waals surface area contributed by atoms with E-state index in [-0.39, 0.29) is 0 Å². The van der Waals surface area contributed by atoms with Crippen molar-refractivity contribution in [2.24, 2.45) is 0 Å². The molecule has 0 unspecified atom stereocenters. The van der Waals surface area contributed by atoms with Crippen LogP contribution < -0.4 is 0 Å². The van der Waals surface area contributed by atoms with Crippen molar-refractivity contribution in [3.63, 3.8) is 0 Å². The second kappa shape index (κ2) is 14.5. The second-order valence-electron chi connectivity index (χ2n) is 16.0. The number of nitrogens with zero attached hydrogens (tertiary/aromatic N) is 2. The summed E-state index contributed by atoms with van der Waals surface area (Å²) in [4.78, 5) is 10.6. The van der Waals surface area contributed by atoms with E-state index in [0.717, 1.165) is 61.1 Å². The molecule has 0 saturated carbocycles. The van der Waals surface area contributed by atoms with Gasteiger partial charge in [-0.05, 0) is 92.0 Å². The van der Waals surface area contributed by atoms with Crippen molar-refractivity contribution in [1.82, 2.24) is 9.97 Å². The molecule has 0 saturated heterocycles. The molecule has 2 heterocycles. The van der Waals surface area contributed by atoms with E-state index in [1.54, 1.807) is 0 Å². The zero-order valence-corrected chi connectivity index (χ0v) is 33.7. The van der Waals surface area contributed by atoms with E-state index in [1.807, 2.05) is 30.3 Å². The quantitative estimate of drug-likeness (QED) is 0.161. The zero-order chi connectivity index (χ0) is 41.0. The van der Waals surface area contributed by atoms with E-state index in [9.17, 15) is 0 Å². The minimum Gasteiger partial charge on any atom is -0.456 e. The maximum Gasteiger partial charge on any atom is 0.160 e. The van der Waals surface area contributed by atoms with Gasteiger partial charge in [0.2, 0.25) is 0 Å². The highest BCUT2D eigenvalue weighted by Gasteiger charge is 2.47. The maximum atomic E-state index is 6.21. The minimum atomic E-state index is -0.568. The number of para-hydroxylation sites is 1. The molecule has 0 amide bonds. The van der Waals surface area contributed by atoms with E-state index < -0.39 is 5.41 Å². The Bertz CT molecular complexity index is 3410. The van der Waals surface area contributed by atoms with Gasteiger partial charge in [0, 0.05) is 27.5 Å². The van der Waals surface area contributed by atoms with E-state index in [2.05, 4.69) is 200 Å². The molecule has 1 aliphatic carbocycles. The lowest BCUT2D eigenvalue weighted by Gasteiger charge is -2.34. The Labute approximate surface area is 360 Å². The van der Waals surface area contributed by atoms with Gasteiger partial charge in [0.15, 0.2) is 5.82 Å². The van der Waals surface area contributed by atoms with E-state index in [4.69, 9.17) is 14.4 Å². The summed E-state index contributed by atoms with van der Waals surface area (Å²) >= 11 is 0. The van der Waals surface area contributed by atoms with Crippen LogP contribution in [-0.2, 0) is 5.41 Å². The Morgan fingerprint density at radius 1 is 0.323 bits per heavy atom. The van der Waals surface area contributed by atoms with Crippen molar-refractivity contribution in [3.8, 4) is 67.3 Å². The first-order valence-electron chi connectivity index (χ1n) is 21.1. The van der Waals surface area contributed by atoms with E-state index in [1.165, 1.54) is 44.5 Å².